The molecule has 2 heterocycles. The molecule has 2 unspecified atom stereocenters. The number of hydrogen-bond acceptors (Lipinski definition) is 9. The number of nitrogens with two attached hydrogens (primary N) is 1. The summed E-state index contributed by atoms with van der Waals surface area (Å²) in [5, 5.41) is 14.3. The van der Waals surface area contributed by atoms with E-state index < -0.39 is 46.1 Å². The summed E-state index contributed by atoms with van der Waals surface area (Å²) in [5.41, 5.74) is 6.62. The molecule has 0 aliphatic carbocycles. The Labute approximate surface area is 260 Å². The van der Waals surface area contributed by atoms with Crippen LogP contribution in [0.1, 0.15) is 19.4 Å². The van der Waals surface area contributed by atoms with Crippen molar-refractivity contribution in [2.75, 3.05) is 37.1 Å². The zero-order valence-electron chi connectivity index (χ0n) is 24.8. The van der Waals surface area contributed by atoms with E-state index in [1.54, 1.807) is 24.3 Å². The van der Waals surface area contributed by atoms with Crippen LogP contribution in [0, 0.1) is 11.7 Å². The second kappa shape index (κ2) is 13.3. The summed E-state index contributed by atoms with van der Waals surface area (Å²) in [5.74, 6) is -0.814. The molecular formula is C31H35FN4O8S. The van der Waals surface area contributed by atoms with Crippen LogP contribution in [0.4, 0.5) is 20.6 Å². The van der Waals surface area contributed by atoms with Crippen LogP contribution in [0.15, 0.2) is 71.6 Å². The minimum atomic E-state index is -4.11. The van der Waals surface area contributed by atoms with Crippen molar-refractivity contribution in [1.82, 2.24) is 9.62 Å². The lowest BCUT2D eigenvalue weighted by Crippen LogP contribution is -2.53. The van der Waals surface area contributed by atoms with Crippen molar-refractivity contribution in [3.05, 3.63) is 78.1 Å². The van der Waals surface area contributed by atoms with E-state index in [4.69, 9.17) is 19.9 Å². The highest BCUT2D eigenvalue weighted by atomic mass is 32.2. The smallest absolute Gasteiger partial charge is 0.415 e. The third-order valence-electron chi connectivity index (χ3n) is 7.40. The van der Waals surface area contributed by atoms with E-state index in [1.165, 1.54) is 34.6 Å². The first-order chi connectivity index (χ1) is 21.4. The van der Waals surface area contributed by atoms with Crippen molar-refractivity contribution in [3.8, 4) is 11.5 Å². The first-order valence-corrected chi connectivity index (χ1v) is 15.8. The van der Waals surface area contributed by atoms with Gasteiger partial charge in [0.25, 0.3) is 5.91 Å². The van der Waals surface area contributed by atoms with Gasteiger partial charge < -0.3 is 30.4 Å². The predicted molar refractivity (Wildman–Crippen MR) is 163 cm³/mol. The molecule has 0 saturated carbocycles. The van der Waals surface area contributed by atoms with Crippen molar-refractivity contribution < 1.29 is 41.7 Å². The number of anilines is 2. The minimum absolute atomic E-state index is 0.0173. The summed E-state index contributed by atoms with van der Waals surface area (Å²) in [6, 6.07) is 16.1. The predicted octanol–water partition coefficient (Wildman–Crippen LogP) is 2.90. The van der Waals surface area contributed by atoms with Crippen molar-refractivity contribution in [1.29, 1.82) is 0 Å². The Morgan fingerprint density at radius 1 is 1.09 bits per heavy atom. The zero-order chi connectivity index (χ0) is 32.3. The van der Waals surface area contributed by atoms with Crippen LogP contribution in [0.2, 0.25) is 0 Å². The van der Waals surface area contributed by atoms with Crippen LogP contribution >= 0.6 is 0 Å². The Hall–Kier alpha value is -4.40. The Kier molecular flexibility index (Phi) is 9.46. The lowest BCUT2D eigenvalue weighted by atomic mass is 10.0. The molecule has 12 nitrogen and oxygen atoms in total. The van der Waals surface area contributed by atoms with Gasteiger partial charge >= 0.3 is 6.09 Å². The number of benzene rings is 3. The molecule has 240 valence electrons. The van der Waals surface area contributed by atoms with Crippen LogP contribution in [0.5, 0.6) is 11.5 Å². The van der Waals surface area contributed by atoms with Gasteiger partial charge in [0.2, 0.25) is 16.8 Å². The van der Waals surface area contributed by atoms with Crippen molar-refractivity contribution in [3.63, 3.8) is 0 Å². The fourth-order valence-corrected chi connectivity index (χ4v) is 6.80. The minimum Gasteiger partial charge on any atom is -0.454 e. The van der Waals surface area contributed by atoms with Crippen LogP contribution in [-0.4, -0.2) is 74.5 Å². The van der Waals surface area contributed by atoms with Gasteiger partial charge in [0.1, 0.15) is 5.82 Å². The number of fused-ring (bicyclic) bond motifs is 1. The number of halogens is 1. The normalized spacial score (nSPS) is 17.4. The largest absolute Gasteiger partial charge is 0.454 e. The average Bonchev–Trinajstić information content (AvgIpc) is 3.64. The van der Waals surface area contributed by atoms with E-state index in [9.17, 15) is 27.5 Å². The van der Waals surface area contributed by atoms with Gasteiger partial charge in [-0.15, -0.1) is 0 Å². The SMILES string of the molecule is CC(C)CN(C[C@@H](O)C(Cc1ccccc1)NC(=O)C1CN(c2cc(N)ccc2F)C(=O)O1)S(=O)(=O)c1ccc2c(c1)OCO2. The number of ether oxygens (including phenoxy) is 3. The highest BCUT2D eigenvalue weighted by Crippen LogP contribution is 2.35. The number of rotatable bonds is 12. The van der Waals surface area contributed by atoms with E-state index in [0.29, 0.717) is 11.5 Å². The number of nitrogens with one attached hydrogen (secondary N) is 1. The molecule has 14 heteroatoms. The number of nitrogens with zero attached hydrogens (tertiary/aromatic N) is 2. The number of aliphatic hydroxyl groups is 1. The maximum absolute atomic E-state index is 14.5. The van der Waals surface area contributed by atoms with E-state index in [2.05, 4.69) is 5.32 Å². The van der Waals surface area contributed by atoms with Gasteiger partial charge in [-0.1, -0.05) is 44.2 Å². The number of sulfonamides is 1. The topological polar surface area (TPSA) is 161 Å². The van der Waals surface area contributed by atoms with Gasteiger partial charge in [-0.3, -0.25) is 9.69 Å². The van der Waals surface area contributed by atoms with E-state index >= 15 is 0 Å². The lowest BCUT2D eigenvalue weighted by Gasteiger charge is -2.31. The summed E-state index contributed by atoms with van der Waals surface area (Å²) < 4.78 is 59.2. The molecule has 1 fully saturated rings. The van der Waals surface area contributed by atoms with Gasteiger partial charge in [-0.2, -0.15) is 4.31 Å². The number of hydrogen-bond donors (Lipinski definition) is 3. The molecule has 0 aromatic heterocycles. The second-order valence-electron chi connectivity index (χ2n) is 11.3. The number of aliphatic hydroxyl groups excluding tert-OH is 1. The maximum atomic E-state index is 14.5. The summed E-state index contributed by atoms with van der Waals surface area (Å²) in [6.07, 6.45) is -3.50. The molecule has 45 heavy (non-hydrogen) atoms. The van der Waals surface area contributed by atoms with Gasteiger partial charge in [-0.25, -0.2) is 17.6 Å². The number of carbonyl (C=O) groups is 2. The highest BCUT2D eigenvalue weighted by molar-refractivity contribution is 7.89. The molecule has 0 spiro atoms. The molecule has 4 N–H and O–H groups in total. The molecule has 3 atom stereocenters. The monoisotopic (exact) mass is 642 g/mol. The Balaban J connectivity index is 1.36. The molecule has 2 amide bonds. The summed E-state index contributed by atoms with van der Waals surface area (Å²) >= 11 is 0. The third kappa shape index (κ3) is 7.30. The Bertz CT molecular complexity index is 1660. The number of nitrogen functional groups attached to an aromatic ring is 1. The molecule has 2 aliphatic heterocycles. The Morgan fingerprint density at radius 3 is 2.56 bits per heavy atom. The molecule has 5 rings (SSSR count). The number of cyclic esters (lactones) is 1. The summed E-state index contributed by atoms with van der Waals surface area (Å²) in [4.78, 5) is 27.0. The van der Waals surface area contributed by atoms with Crippen LogP contribution < -0.4 is 25.4 Å². The lowest BCUT2D eigenvalue weighted by molar-refractivity contribution is -0.129. The molecular weight excluding hydrogens is 607 g/mol. The number of carbonyl (C=O) groups excluding carboxylic acids is 2. The third-order valence-corrected chi connectivity index (χ3v) is 9.22. The van der Waals surface area contributed by atoms with Crippen LogP contribution in [0.3, 0.4) is 0 Å². The molecule has 0 radical (unpaired) electrons. The number of amides is 2. The molecule has 1 saturated heterocycles. The molecule has 3 aromatic rings. The second-order valence-corrected chi connectivity index (χ2v) is 13.2. The highest BCUT2D eigenvalue weighted by Gasteiger charge is 2.40. The maximum Gasteiger partial charge on any atom is 0.415 e. The zero-order valence-corrected chi connectivity index (χ0v) is 25.6. The first kappa shape index (κ1) is 32.0. The van der Waals surface area contributed by atoms with Crippen molar-refractivity contribution >= 4 is 33.4 Å². The van der Waals surface area contributed by atoms with Crippen molar-refractivity contribution in [2.45, 2.75) is 43.4 Å². The fraction of sp³-hybridized carbons (Fsp3) is 0.355. The molecule has 2 aliphatic rings. The first-order valence-electron chi connectivity index (χ1n) is 14.4. The quantitative estimate of drug-likeness (QED) is 0.253. The standard InChI is InChI=1S/C31H35FN4O8S/c1-19(2)15-35(45(40,41)22-9-11-27-28(14-22)43-18-42-27)16-26(37)24(12-20-6-4-3-5-7-20)34-30(38)29-17-36(31(39)44-29)25-13-21(33)8-10-23(25)32/h3-11,13-14,19,24,26,29,37H,12,15-18,33H2,1-2H3,(H,34,38)/t24?,26-,29?/m1/s1. The van der Waals surface area contributed by atoms with Gasteiger partial charge in [0, 0.05) is 24.8 Å². The van der Waals surface area contributed by atoms with Gasteiger partial charge in [0.05, 0.1) is 29.3 Å². The van der Waals surface area contributed by atoms with Crippen molar-refractivity contribution in [2.24, 2.45) is 5.92 Å². The fourth-order valence-electron chi connectivity index (χ4n) is 5.16. The van der Waals surface area contributed by atoms with Gasteiger partial charge in [0.15, 0.2) is 17.6 Å². The molecule has 3 aromatic carbocycles. The van der Waals surface area contributed by atoms with E-state index in [-0.39, 0.29) is 55.0 Å². The summed E-state index contributed by atoms with van der Waals surface area (Å²) in [6.45, 7) is 3.12. The van der Waals surface area contributed by atoms with E-state index in [1.807, 2.05) is 19.9 Å². The Morgan fingerprint density at radius 2 is 1.82 bits per heavy atom. The molecule has 0 bridgehead atoms. The van der Waals surface area contributed by atoms with Crippen LogP contribution in [-0.2, 0) is 26.0 Å². The van der Waals surface area contributed by atoms with Crippen LogP contribution in [0.25, 0.3) is 0 Å². The van der Waals surface area contributed by atoms with Gasteiger partial charge in [-0.05, 0) is 48.2 Å². The van der Waals surface area contributed by atoms with E-state index in [0.717, 1.165) is 16.5 Å². The summed E-state index contributed by atoms with van der Waals surface area (Å²) in [7, 11) is -4.11. The average molecular weight is 643 g/mol.